The lowest BCUT2D eigenvalue weighted by Gasteiger charge is -2.13. The van der Waals surface area contributed by atoms with Gasteiger partial charge in [0.25, 0.3) is 0 Å². The Morgan fingerprint density at radius 2 is 2.14 bits per heavy atom. The summed E-state index contributed by atoms with van der Waals surface area (Å²) in [5, 5.41) is 6.41. The van der Waals surface area contributed by atoms with E-state index in [-0.39, 0.29) is 0 Å². The first-order chi connectivity index (χ1) is 6.77. The standard InChI is InChI=1S/C11H20N2O/c1-9-6-7-11(14-9)10(13-3)5-4-8-12-2/h6-7,10,12-13H,4-5,8H2,1-3H3. The molecular formula is C11H20N2O. The summed E-state index contributed by atoms with van der Waals surface area (Å²) in [6.07, 6.45) is 2.26. The second-order valence-electron chi connectivity index (χ2n) is 3.54. The average molecular weight is 196 g/mol. The second kappa shape index (κ2) is 5.83. The minimum atomic E-state index is 0.344. The molecule has 0 aliphatic rings. The van der Waals surface area contributed by atoms with Crippen LogP contribution in [0.1, 0.15) is 30.4 Å². The molecule has 0 spiro atoms. The van der Waals surface area contributed by atoms with Crippen molar-refractivity contribution >= 4 is 0 Å². The third-order valence-electron chi connectivity index (χ3n) is 2.37. The van der Waals surface area contributed by atoms with E-state index in [4.69, 9.17) is 4.42 Å². The van der Waals surface area contributed by atoms with E-state index in [0.29, 0.717) is 6.04 Å². The first-order valence-electron chi connectivity index (χ1n) is 5.16. The van der Waals surface area contributed by atoms with Crippen LogP contribution in [0.2, 0.25) is 0 Å². The maximum absolute atomic E-state index is 5.58. The smallest absolute Gasteiger partial charge is 0.121 e. The molecule has 3 nitrogen and oxygen atoms in total. The van der Waals surface area contributed by atoms with E-state index in [1.54, 1.807) is 0 Å². The van der Waals surface area contributed by atoms with Gasteiger partial charge in [-0.05, 0) is 52.5 Å². The van der Waals surface area contributed by atoms with E-state index in [1.807, 2.05) is 27.1 Å². The molecule has 3 heteroatoms. The highest BCUT2D eigenvalue weighted by Crippen LogP contribution is 2.19. The Kier molecular flexibility index (Phi) is 4.70. The minimum Gasteiger partial charge on any atom is -0.465 e. The van der Waals surface area contributed by atoms with Gasteiger partial charge in [-0.25, -0.2) is 0 Å². The van der Waals surface area contributed by atoms with Crippen LogP contribution in [0.25, 0.3) is 0 Å². The van der Waals surface area contributed by atoms with Gasteiger partial charge in [0, 0.05) is 0 Å². The van der Waals surface area contributed by atoms with Crippen molar-refractivity contribution in [2.75, 3.05) is 20.6 Å². The molecule has 2 N–H and O–H groups in total. The van der Waals surface area contributed by atoms with Gasteiger partial charge < -0.3 is 15.1 Å². The molecule has 0 amide bonds. The van der Waals surface area contributed by atoms with Crippen LogP contribution in [0.3, 0.4) is 0 Å². The van der Waals surface area contributed by atoms with E-state index in [1.165, 1.54) is 0 Å². The molecule has 1 unspecified atom stereocenters. The summed E-state index contributed by atoms with van der Waals surface area (Å²) >= 11 is 0. The van der Waals surface area contributed by atoms with Gasteiger partial charge in [-0.1, -0.05) is 0 Å². The lowest BCUT2D eigenvalue weighted by atomic mass is 10.1. The van der Waals surface area contributed by atoms with Crippen LogP contribution in [0.4, 0.5) is 0 Å². The number of rotatable bonds is 6. The maximum atomic E-state index is 5.58. The molecule has 0 aromatic carbocycles. The van der Waals surface area contributed by atoms with Crippen molar-refractivity contribution in [3.8, 4) is 0 Å². The molecule has 1 heterocycles. The van der Waals surface area contributed by atoms with Crippen LogP contribution in [0, 0.1) is 6.92 Å². The lowest BCUT2D eigenvalue weighted by Crippen LogP contribution is -2.18. The number of hydrogen-bond donors (Lipinski definition) is 2. The van der Waals surface area contributed by atoms with Crippen molar-refractivity contribution in [1.82, 2.24) is 10.6 Å². The summed E-state index contributed by atoms with van der Waals surface area (Å²) in [7, 11) is 3.95. The summed E-state index contributed by atoms with van der Waals surface area (Å²) in [6.45, 7) is 3.03. The second-order valence-corrected chi connectivity index (χ2v) is 3.54. The van der Waals surface area contributed by atoms with Crippen LogP contribution in [0.15, 0.2) is 16.5 Å². The van der Waals surface area contributed by atoms with Crippen molar-refractivity contribution in [2.24, 2.45) is 0 Å². The lowest BCUT2D eigenvalue weighted by molar-refractivity contribution is 0.395. The molecule has 0 aliphatic heterocycles. The molecule has 14 heavy (non-hydrogen) atoms. The summed E-state index contributed by atoms with van der Waals surface area (Å²) in [4.78, 5) is 0. The molecule has 0 aliphatic carbocycles. The molecule has 1 rings (SSSR count). The molecule has 1 aromatic heterocycles. The summed E-state index contributed by atoms with van der Waals surface area (Å²) in [5.41, 5.74) is 0. The SMILES string of the molecule is CNCCCC(NC)c1ccc(C)o1. The summed E-state index contributed by atoms with van der Waals surface area (Å²) < 4.78 is 5.58. The molecular weight excluding hydrogens is 176 g/mol. The average Bonchev–Trinajstić information content (AvgIpc) is 2.60. The Hall–Kier alpha value is -0.800. The molecule has 0 radical (unpaired) electrons. The van der Waals surface area contributed by atoms with Crippen molar-refractivity contribution in [3.63, 3.8) is 0 Å². The fourth-order valence-electron chi connectivity index (χ4n) is 1.55. The highest BCUT2D eigenvalue weighted by Gasteiger charge is 2.11. The molecule has 0 saturated carbocycles. The third-order valence-corrected chi connectivity index (χ3v) is 2.37. The minimum absolute atomic E-state index is 0.344. The molecule has 80 valence electrons. The fourth-order valence-corrected chi connectivity index (χ4v) is 1.55. The number of furan rings is 1. The van der Waals surface area contributed by atoms with Crippen LogP contribution in [0.5, 0.6) is 0 Å². The van der Waals surface area contributed by atoms with Gasteiger partial charge >= 0.3 is 0 Å². The van der Waals surface area contributed by atoms with Gasteiger partial charge in [0.2, 0.25) is 0 Å². The maximum Gasteiger partial charge on any atom is 0.121 e. The Morgan fingerprint density at radius 3 is 2.64 bits per heavy atom. The quantitative estimate of drug-likeness (QED) is 0.682. The number of aryl methyl sites for hydroxylation is 1. The molecule has 1 aromatic rings. The zero-order valence-corrected chi connectivity index (χ0v) is 9.26. The monoisotopic (exact) mass is 196 g/mol. The Balaban J connectivity index is 2.45. The largest absolute Gasteiger partial charge is 0.465 e. The predicted molar refractivity (Wildman–Crippen MR) is 58.4 cm³/mol. The predicted octanol–water partition coefficient (Wildman–Crippen LogP) is 1.85. The van der Waals surface area contributed by atoms with Crippen molar-refractivity contribution in [2.45, 2.75) is 25.8 Å². The van der Waals surface area contributed by atoms with Gasteiger partial charge in [-0.15, -0.1) is 0 Å². The van der Waals surface area contributed by atoms with E-state index < -0.39 is 0 Å². The van der Waals surface area contributed by atoms with Gasteiger partial charge in [0.15, 0.2) is 0 Å². The fraction of sp³-hybridized carbons (Fsp3) is 0.636. The van der Waals surface area contributed by atoms with Crippen molar-refractivity contribution in [3.05, 3.63) is 23.7 Å². The molecule has 0 saturated heterocycles. The zero-order valence-electron chi connectivity index (χ0n) is 9.26. The third kappa shape index (κ3) is 3.16. The van der Waals surface area contributed by atoms with Crippen LogP contribution >= 0.6 is 0 Å². The Bertz CT molecular complexity index is 258. The van der Waals surface area contributed by atoms with Crippen LogP contribution in [-0.4, -0.2) is 20.6 Å². The van der Waals surface area contributed by atoms with Crippen LogP contribution in [-0.2, 0) is 0 Å². The molecule has 1 atom stereocenters. The first-order valence-corrected chi connectivity index (χ1v) is 5.16. The van der Waals surface area contributed by atoms with Gasteiger partial charge in [-0.3, -0.25) is 0 Å². The van der Waals surface area contributed by atoms with E-state index in [0.717, 1.165) is 30.9 Å². The zero-order chi connectivity index (χ0) is 10.4. The number of nitrogens with one attached hydrogen (secondary N) is 2. The highest BCUT2D eigenvalue weighted by atomic mass is 16.3. The van der Waals surface area contributed by atoms with E-state index in [9.17, 15) is 0 Å². The highest BCUT2D eigenvalue weighted by molar-refractivity contribution is 5.09. The van der Waals surface area contributed by atoms with Gasteiger partial charge in [0.05, 0.1) is 6.04 Å². The molecule has 0 fully saturated rings. The topological polar surface area (TPSA) is 37.2 Å². The Morgan fingerprint density at radius 1 is 1.36 bits per heavy atom. The van der Waals surface area contributed by atoms with E-state index in [2.05, 4.69) is 16.7 Å². The van der Waals surface area contributed by atoms with Gasteiger partial charge in [0.1, 0.15) is 11.5 Å². The summed E-state index contributed by atoms with van der Waals surface area (Å²) in [5.74, 6) is 2.02. The van der Waals surface area contributed by atoms with Crippen molar-refractivity contribution < 1.29 is 4.42 Å². The van der Waals surface area contributed by atoms with E-state index >= 15 is 0 Å². The molecule has 0 bridgehead atoms. The Labute approximate surface area is 85.9 Å². The number of hydrogen-bond acceptors (Lipinski definition) is 3. The normalized spacial score (nSPS) is 13.1. The summed E-state index contributed by atoms with van der Waals surface area (Å²) in [6, 6.07) is 4.41. The first kappa shape index (κ1) is 11.3. The van der Waals surface area contributed by atoms with Gasteiger partial charge in [-0.2, -0.15) is 0 Å². The van der Waals surface area contributed by atoms with Crippen molar-refractivity contribution in [1.29, 1.82) is 0 Å². The van der Waals surface area contributed by atoms with Crippen LogP contribution < -0.4 is 10.6 Å².